The zero-order valence-electron chi connectivity index (χ0n) is 31.7. The SMILES string of the molecule is C=C\C=C/C=C/C(CC)=C(\C=C\C=C(/C=C)N1CCC(CN2CCN(c3ccc4c(c3)C(=O)N(C3CCC(=O)NC3=O)C4=O)CC2)CC1)c1ccc(O)cc1. The van der Waals surface area contributed by atoms with E-state index < -0.39 is 23.8 Å². The van der Waals surface area contributed by atoms with E-state index in [9.17, 15) is 24.3 Å². The van der Waals surface area contributed by atoms with Gasteiger partial charge in [-0.1, -0.05) is 74.7 Å². The predicted molar refractivity (Wildman–Crippen MR) is 217 cm³/mol. The Bertz CT molecular complexity index is 1960. The molecule has 6 rings (SSSR count). The fraction of sp³-hybridized carbons (Fsp3) is 0.333. The average molecular weight is 742 g/mol. The average Bonchev–Trinajstić information content (AvgIpc) is 3.44. The molecule has 10 nitrogen and oxygen atoms in total. The molecule has 3 fully saturated rings. The largest absolute Gasteiger partial charge is 0.508 e. The van der Waals surface area contributed by atoms with E-state index in [1.807, 2.05) is 42.5 Å². The highest BCUT2D eigenvalue weighted by molar-refractivity contribution is 6.23. The summed E-state index contributed by atoms with van der Waals surface area (Å²) < 4.78 is 0. The predicted octanol–water partition coefficient (Wildman–Crippen LogP) is 6.42. The zero-order valence-corrected chi connectivity index (χ0v) is 31.7. The summed E-state index contributed by atoms with van der Waals surface area (Å²) in [5.74, 6) is -1.11. The zero-order chi connectivity index (χ0) is 38.9. The molecule has 2 aromatic carbocycles. The van der Waals surface area contributed by atoms with E-state index in [1.54, 1.807) is 30.3 Å². The Morgan fingerprint density at radius 3 is 2.24 bits per heavy atom. The highest BCUT2D eigenvalue weighted by atomic mass is 16.3. The summed E-state index contributed by atoms with van der Waals surface area (Å²) in [4.78, 5) is 58.7. The van der Waals surface area contributed by atoms with Crippen molar-refractivity contribution >= 4 is 34.9 Å². The second kappa shape index (κ2) is 18.1. The van der Waals surface area contributed by atoms with Crippen molar-refractivity contribution < 1.29 is 24.3 Å². The van der Waals surface area contributed by atoms with Gasteiger partial charge in [-0.05, 0) is 90.8 Å². The number of phenols is 1. The monoisotopic (exact) mass is 741 g/mol. The maximum Gasteiger partial charge on any atom is 0.262 e. The molecule has 2 N–H and O–H groups in total. The van der Waals surface area contributed by atoms with E-state index in [4.69, 9.17) is 0 Å². The first-order valence-corrected chi connectivity index (χ1v) is 19.3. The van der Waals surface area contributed by atoms with Crippen molar-refractivity contribution in [2.24, 2.45) is 5.92 Å². The first-order chi connectivity index (χ1) is 26.7. The van der Waals surface area contributed by atoms with Crippen LogP contribution in [-0.4, -0.2) is 95.3 Å². The minimum absolute atomic E-state index is 0.0970. The van der Waals surface area contributed by atoms with Crippen LogP contribution in [0.1, 0.15) is 65.3 Å². The van der Waals surface area contributed by atoms with Crippen LogP contribution in [0.15, 0.2) is 122 Å². The maximum absolute atomic E-state index is 13.3. The van der Waals surface area contributed by atoms with Crippen LogP contribution in [0.3, 0.4) is 0 Å². The van der Waals surface area contributed by atoms with Crippen LogP contribution in [0.4, 0.5) is 5.69 Å². The smallest absolute Gasteiger partial charge is 0.262 e. The lowest BCUT2D eigenvalue weighted by atomic mass is 9.95. The molecule has 55 heavy (non-hydrogen) atoms. The number of allylic oxidation sites excluding steroid dienone is 11. The Morgan fingerprint density at radius 2 is 1.56 bits per heavy atom. The lowest BCUT2D eigenvalue weighted by Gasteiger charge is -2.40. The number of nitrogens with zero attached hydrogens (tertiary/aromatic N) is 4. The third-order valence-corrected chi connectivity index (χ3v) is 11.0. The number of piperazine rings is 1. The molecule has 10 heteroatoms. The minimum Gasteiger partial charge on any atom is -0.508 e. The summed E-state index contributed by atoms with van der Waals surface area (Å²) in [6.45, 7) is 16.4. The summed E-state index contributed by atoms with van der Waals surface area (Å²) in [5, 5.41) is 12.1. The second-order valence-corrected chi connectivity index (χ2v) is 14.4. The van der Waals surface area contributed by atoms with E-state index in [2.05, 4.69) is 64.4 Å². The molecular formula is C45H51N5O5. The standard InChI is InChI=1S/C45H51N5O5/c1-4-7-8-9-11-33(5-2)38(34-14-17-37(51)18-15-34)13-10-12-35(6-3)48-24-22-32(23-25-48)31-47-26-28-49(29-27-47)36-16-19-39-40(30-36)45(55)50(44(39)54)41-20-21-42(52)46-43(41)53/h4,6-19,30,32,41,51H,1,3,5,20-29,31H2,2H3,(H,46,52,53)/b8-7-,11-9+,13-10+,35-12+,38-33+. The number of anilines is 1. The van der Waals surface area contributed by atoms with Crippen molar-refractivity contribution in [3.8, 4) is 5.75 Å². The number of nitrogens with one attached hydrogen (secondary N) is 1. The van der Waals surface area contributed by atoms with Gasteiger partial charge in [-0.25, -0.2) is 0 Å². The Morgan fingerprint density at radius 1 is 0.836 bits per heavy atom. The van der Waals surface area contributed by atoms with E-state index in [0.29, 0.717) is 17.0 Å². The van der Waals surface area contributed by atoms with Gasteiger partial charge in [-0.3, -0.25) is 34.3 Å². The molecule has 1 unspecified atom stereocenters. The first-order valence-electron chi connectivity index (χ1n) is 19.3. The Kier molecular flexibility index (Phi) is 12.8. The maximum atomic E-state index is 13.3. The molecule has 2 aromatic rings. The number of hydrogen-bond donors (Lipinski definition) is 2. The number of imide groups is 2. The first kappa shape index (κ1) is 39.0. The Balaban J connectivity index is 1.02. The fourth-order valence-electron chi connectivity index (χ4n) is 7.87. The van der Waals surface area contributed by atoms with E-state index in [-0.39, 0.29) is 24.5 Å². The summed E-state index contributed by atoms with van der Waals surface area (Å²) in [5.41, 5.74) is 5.93. The van der Waals surface area contributed by atoms with Gasteiger partial charge in [-0.2, -0.15) is 0 Å². The molecule has 1 atom stereocenters. The van der Waals surface area contributed by atoms with Crippen molar-refractivity contribution in [2.75, 3.05) is 50.7 Å². The number of carbonyl (C=O) groups is 4. The van der Waals surface area contributed by atoms with Gasteiger partial charge in [0.1, 0.15) is 11.8 Å². The van der Waals surface area contributed by atoms with Crippen LogP contribution in [0.25, 0.3) is 5.57 Å². The van der Waals surface area contributed by atoms with Crippen LogP contribution >= 0.6 is 0 Å². The molecule has 0 saturated carbocycles. The molecule has 0 aliphatic carbocycles. The molecular weight excluding hydrogens is 691 g/mol. The minimum atomic E-state index is -0.967. The number of rotatable bonds is 13. The van der Waals surface area contributed by atoms with Crippen molar-refractivity contribution in [2.45, 2.75) is 45.1 Å². The van der Waals surface area contributed by atoms with Gasteiger partial charge in [0, 0.05) is 63.6 Å². The number of piperidine rings is 2. The lowest BCUT2D eigenvalue weighted by Crippen LogP contribution is -2.54. The van der Waals surface area contributed by atoms with Crippen molar-refractivity contribution in [1.82, 2.24) is 20.0 Å². The topological polar surface area (TPSA) is 114 Å². The van der Waals surface area contributed by atoms with Crippen molar-refractivity contribution in [1.29, 1.82) is 0 Å². The molecule has 4 amide bonds. The van der Waals surface area contributed by atoms with Gasteiger partial charge in [0.05, 0.1) is 11.1 Å². The number of aromatic hydroxyl groups is 1. The highest BCUT2D eigenvalue weighted by Gasteiger charge is 2.44. The second-order valence-electron chi connectivity index (χ2n) is 14.4. The Labute approximate surface area is 324 Å². The molecule has 4 heterocycles. The molecule has 4 aliphatic heterocycles. The summed E-state index contributed by atoms with van der Waals surface area (Å²) in [6.07, 6.45) is 21.3. The van der Waals surface area contributed by atoms with Crippen molar-refractivity contribution in [3.63, 3.8) is 0 Å². The summed E-state index contributed by atoms with van der Waals surface area (Å²) in [7, 11) is 0. The molecule has 0 bridgehead atoms. The van der Waals surface area contributed by atoms with Gasteiger partial charge < -0.3 is 14.9 Å². The van der Waals surface area contributed by atoms with E-state index >= 15 is 0 Å². The summed E-state index contributed by atoms with van der Waals surface area (Å²) in [6, 6.07) is 11.7. The normalized spacial score (nSPS) is 20.9. The summed E-state index contributed by atoms with van der Waals surface area (Å²) >= 11 is 0. The number of likely N-dealkylation sites (tertiary alicyclic amines) is 1. The number of carbonyl (C=O) groups excluding carboxylic acids is 4. The fourth-order valence-corrected chi connectivity index (χ4v) is 7.87. The number of hydrogen-bond acceptors (Lipinski definition) is 8. The van der Waals surface area contributed by atoms with Gasteiger partial charge in [0.2, 0.25) is 11.8 Å². The van der Waals surface area contributed by atoms with Crippen LogP contribution in [0, 0.1) is 5.92 Å². The van der Waals surface area contributed by atoms with Crippen LogP contribution in [-0.2, 0) is 9.59 Å². The molecule has 0 aromatic heterocycles. The van der Waals surface area contributed by atoms with Crippen LogP contribution in [0.5, 0.6) is 5.75 Å². The lowest BCUT2D eigenvalue weighted by molar-refractivity contribution is -0.136. The molecule has 0 spiro atoms. The molecule has 286 valence electrons. The van der Waals surface area contributed by atoms with Gasteiger partial charge >= 0.3 is 0 Å². The molecule has 3 saturated heterocycles. The number of amides is 4. The number of fused-ring (bicyclic) bond motifs is 1. The number of benzene rings is 2. The highest BCUT2D eigenvalue weighted by Crippen LogP contribution is 2.32. The van der Waals surface area contributed by atoms with Gasteiger partial charge in [-0.15, -0.1) is 0 Å². The Hall–Kier alpha value is -5.74. The van der Waals surface area contributed by atoms with Gasteiger partial charge in [0.25, 0.3) is 11.8 Å². The quantitative estimate of drug-likeness (QED) is 0.179. The molecule has 0 radical (unpaired) electrons. The van der Waals surface area contributed by atoms with Crippen LogP contribution in [0.2, 0.25) is 0 Å². The molecule has 4 aliphatic rings. The van der Waals surface area contributed by atoms with Crippen LogP contribution < -0.4 is 10.2 Å². The van der Waals surface area contributed by atoms with Gasteiger partial charge in [0.15, 0.2) is 0 Å². The van der Waals surface area contributed by atoms with E-state index in [0.717, 1.165) is 92.5 Å². The van der Waals surface area contributed by atoms with Crippen molar-refractivity contribution in [3.05, 3.63) is 138 Å². The van der Waals surface area contributed by atoms with E-state index in [1.165, 1.54) is 5.57 Å². The third-order valence-electron chi connectivity index (χ3n) is 11.0. The number of phenolic OH excluding ortho intramolecular Hbond substituents is 1. The third kappa shape index (κ3) is 9.15.